The molecule has 29 heavy (non-hydrogen) atoms. The maximum atomic E-state index is 12.6. The van der Waals surface area contributed by atoms with Crippen LogP contribution < -0.4 is 16.0 Å². The van der Waals surface area contributed by atoms with Gasteiger partial charge in [0.2, 0.25) is 5.91 Å². The zero-order chi connectivity index (χ0) is 21.3. The molecule has 0 aliphatic heterocycles. The van der Waals surface area contributed by atoms with Gasteiger partial charge in [-0.3, -0.25) is 9.59 Å². The van der Waals surface area contributed by atoms with Crippen LogP contribution in [0.2, 0.25) is 0 Å². The van der Waals surface area contributed by atoms with Crippen molar-refractivity contribution < 1.29 is 27.9 Å². The Balaban J connectivity index is 1.94. The molecule has 1 aromatic heterocycles. The molecule has 0 bridgehead atoms. The third-order valence-corrected chi connectivity index (χ3v) is 4.25. The second kappa shape index (κ2) is 7.38. The number of amides is 1. The van der Waals surface area contributed by atoms with E-state index in [1.807, 2.05) is 0 Å². The molecule has 150 valence electrons. The highest BCUT2D eigenvalue weighted by Gasteiger charge is 2.30. The number of halogens is 3. The molecule has 0 aliphatic carbocycles. The number of carboxylic acid groups (broad SMARTS) is 1. The van der Waals surface area contributed by atoms with E-state index in [4.69, 9.17) is 0 Å². The Kier molecular flexibility index (Phi) is 5.10. The van der Waals surface area contributed by atoms with Crippen LogP contribution in [0.4, 0.5) is 18.9 Å². The summed E-state index contributed by atoms with van der Waals surface area (Å²) in [7, 11) is 0. The first-order valence-electron chi connectivity index (χ1n) is 8.30. The van der Waals surface area contributed by atoms with Crippen molar-refractivity contribution >= 4 is 28.3 Å². The lowest BCUT2D eigenvalue weighted by molar-refractivity contribution is -0.255. The molecule has 1 heterocycles. The Morgan fingerprint density at radius 2 is 1.66 bits per heavy atom. The molecule has 3 rings (SSSR count). The molecular formula is C19H13F3N3O4-. The fourth-order valence-electron chi connectivity index (χ4n) is 2.72. The minimum Gasteiger partial charge on any atom is -0.543 e. The summed E-state index contributed by atoms with van der Waals surface area (Å²) in [5, 5.41) is 17.6. The molecule has 0 aliphatic rings. The SMILES string of the molecule is C[C@H](C(=O)Nc1ccc(C(F)(F)F)cc1)n1nc(C(=O)[O-])c2ccccc2c1=O. The zero-order valence-electron chi connectivity index (χ0n) is 14.9. The third-order valence-electron chi connectivity index (χ3n) is 4.25. The van der Waals surface area contributed by atoms with E-state index < -0.39 is 40.9 Å². The summed E-state index contributed by atoms with van der Waals surface area (Å²) in [5.41, 5.74) is -2.01. The summed E-state index contributed by atoms with van der Waals surface area (Å²) in [6.45, 7) is 1.31. The molecular weight excluding hydrogens is 391 g/mol. The molecule has 0 radical (unpaired) electrons. The van der Waals surface area contributed by atoms with Gasteiger partial charge in [0.15, 0.2) is 0 Å². The van der Waals surface area contributed by atoms with E-state index in [9.17, 15) is 32.7 Å². The van der Waals surface area contributed by atoms with Crippen LogP contribution in [0.5, 0.6) is 0 Å². The number of aromatic nitrogens is 2. The van der Waals surface area contributed by atoms with Crippen molar-refractivity contribution in [3.8, 4) is 0 Å². The Morgan fingerprint density at radius 3 is 2.21 bits per heavy atom. The molecule has 1 atom stereocenters. The number of anilines is 1. The predicted octanol–water partition coefficient (Wildman–Crippen LogP) is 1.98. The maximum absolute atomic E-state index is 12.6. The first-order chi connectivity index (χ1) is 13.6. The van der Waals surface area contributed by atoms with Crippen molar-refractivity contribution in [2.75, 3.05) is 5.32 Å². The third kappa shape index (κ3) is 3.96. The second-order valence-electron chi connectivity index (χ2n) is 6.17. The van der Waals surface area contributed by atoms with E-state index in [2.05, 4.69) is 10.4 Å². The average Bonchev–Trinajstić information content (AvgIpc) is 2.67. The lowest BCUT2D eigenvalue weighted by Crippen LogP contribution is -2.36. The van der Waals surface area contributed by atoms with Crippen LogP contribution in [0.3, 0.4) is 0 Å². The zero-order valence-corrected chi connectivity index (χ0v) is 14.9. The summed E-state index contributed by atoms with van der Waals surface area (Å²) in [4.78, 5) is 36.5. The first kappa shape index (κ1) is 20.1. The molecule has 1 N–H and O–H groups in total. The number of alkyl halides is 3. The summed E-state index contributed by atoms with van der Waals surface area (Å²) < 4.78 is 38.6. The van der Waals surface area contributed by atoms with E-state index in [1.165, 1.54) is 31.2 Å². The number of rotatable bonds is 4. The van der Waals surface area contributed by atoms with E-state index in [0.717, 1.165) is 24.3 Å². The lowest BCUT2D eigenvalue weighted by atomic mass is 10.1. The van der Waals surface area contributed by atoms with Crippen LogP contribution in [-0.4, -0.2) is 21.7 Å². The van der Waals surface area contributed by atoms with E-state index in [1.54, 1.807) is 0 Å². The normalized spacial score (nSPS) is 12.6. The van der Waals surface area contributed by atoms with Crippen molar-refractivity contribution in [3.05, 3.63) is 70.1 Å². The molecule has 1 amide bonds. The molecule has 0 spiro atoms. The molecule has 0 fully saturated rings. The van der Waals surface area contributed by atoms with Crippen molar-refractivity contribution in [2.24, 2.45) is 0 Å². The summed E-state index contributed by atoms with van der Waals surface area (Å²) in [6, 6.07) is 8.33. The van der Waals surface area contributed by atoms with Crippen molar-refractivity contribution in [2.45, 2.75) is 19.1 Å². The van der Waals surface area contributed by atoms with Crippen LogP contribution in [-0.2, 0) is 11.0 Å². The number of carbonyl (C=O) groups excluding carboxylic acids is 2. The topological polar surface area (TPSA) is 104 Å². The largest absolute Gasteiger partial charge is 0.543 e. The van der Waals surface area contributed by atoms with Gasteiger partial charge in [0, 0.05) is 11.1 Å². The van der Waals surface area contributed by atoms with Crippen LogP contribution >= 0.6 is 0 Å². The van der Waals surface area contributed by atoms with E-state index >= 15 is 0 Å². The Bertz CT molecular complexity index is 1150. The van der Waals surface area contributed by atoms with Crippen LogP contribution in [0.15, 0.2) is 53.3 Å². The summed E-state index contributed by atoms with van der Waals surface area (Å²) >= 11 is 0. The highest BCUT2D eigenvalue weighted by molar-refractivity contribution is 6.00. The molecule has 7 nitrogen and oxygen atoms in total. The molecule has 2 aromatic carbocycles. The Hall–Kier alpha value is -3.69. The minimum atomic E-state index is -4.51. The van der Waals surface area contributed by atoms with Crippen LogP contribution in [0.25, 0.3) is 10.8 Å². The van der Waals surface area contributed by atoms with Crippen molar-refractivity contribution in [3.63, 3.8) is 0 Å². The predicted molar refractivity (Wildman–Crippen MR) is 95.1 cm³/mol. The maximum Gasteiger partial charge on any atom is 0.416 e. The van der Waals surface area contributed by atoms with Gasteiger partial charge in [-0.05, 0) is 37.3 Å². The van der Waals surface area contributed by atoms with E-state index in [-0.39, 0.29) is 16.5 Å². The van der Waals surface area contributed by atoms with Gasteiger partial charge in [0.25, 0.3) is 5.56 Å². The number of hydrogen-bond acceptors (Lipinski definition) is 5. The fourth-order valence-corrected chi connectivity index (χ4v) is 2.72. The van der Waals surface area contributed by atoms with Gasteiger partial charge < -0.3 is 15.2 Å². The van der Waals surface area contributed by atoms with Gasteiger partial charge in [-0.2, -0.15) is 18.3 Å². The summed E-state index contributed by atoms with van der Waals surface area (Å²) in [6.07, 6.45) is -4.51. The second-order valence-corrected chi connectivity index (χ2v) is 6.17. The Morgan fingerprint density at radius 1 is 1.07 bits per heavy atom. The minimum absolute atomic E-state index is 0.0379. The molecule has 3 aromatic rings. The van der Waals surface area contributed by atoms with Gasteiger partial charge in [-0.15, -0.1) is 0 Å². The Labute approximate surface area is 161 Å². The van der Waals surface area contributed by atoms with E-state index in [0.29, 0.717) is 4.68 Å². The summed E-state index contributed by atoms with van der Waals surface area (Å²) in [5.74, 6) is -2.38. The standard InChI is InChI=1S/C19H14F3N3O4/c1-10(16(26)23-12-8-6-11(7-9-12)19(20,21)22)25-17(27)14-5-3-2-4-13(14)15(24-25)18(28)29/h2-10H,1H3,(H,23,26)(H,28,29)/p-1/t10-/m1/s1. The van der Waals surface area contributed by atoms with Crippen molar-refractivity contribution in [1.29, 1.82) is 0 Å². The molecule has 10 heteroatoms. The van der Waals surface area contributed by atoms with Crippen LogP contribution in [0, 0.1) is 0 Å². The number of nitrogens with one attached hydrogen (secondary N) is 1. The number of benzene rings is 2. The number of fused-ring (bicyclic) bond motifs is 1. The first-order valence-corrected chi connectivity index (χ1v) is 8.30. The number of nitrogens with zero attached hydrogens (tertiary/aromatic N) is 2. The average molecular weight is 404 g/mol. The molecule has 0 unspecified atom stereocenters. The highest BCUT2D eigenvalue weighted by atomic mass is 19.4. The van der Waals surface area contributed by atoms with Gasteiger partial charge in [0.1, 0.15) is 11.7 Å². The van der Waals surface area contributed by atoms with Gasteiger partial charge >= 0.3 is 6.18 Å². The molecule has 0 saturated carbocycles. The van der Waals surface area contributed by atoms with Gasteiger partial charge in [-0.25, -0.2) is 4.68 Å². The number of hydrogen-bond donors (Lipinski definition) is 1. The number of carboxylic acids is 1. The molecule has 0 saturated heterocycles. The number of aromatic carboxylic acids is 1. The lowest BCUT2D eigenvalue weighted by Gasteiger charge is -2.17. The van der Waals surface area contributed by atoms with Gasteiger partial charge in [0.05, 0.1) is 16.9 Å². The highest BCUT2D eigenvalue weighted by Crippen LogP contribution is 2.29. The number of carbonyl (C=O) groups is 2. The quantitative estimate of drug-likeness (QED) is 0.716. The van der Waals surface area contributed by atoms with Gasteiger partial charge in [-0.1, -0.05) is 18.2 Å². The smallest absolute Gasteiger partial charge is 0.416 e. The monoisotopic (exact) mass is 404 g/mol. The van der Waals surface area contributed by atoms with Crippen LogP contribution in [0.1, 0.15) is 29.0 Å². The van der Waals surface area contributed by atoms with Crippen molar-refractivity contribution in [1.82, 2.24) is 9.78 Å². The fraction of sp³-hybridized carbons (Fsp3) is 0.158.